The summed E-state index contributed by atoms with van der Waals surface area (Å²) in [4.78, 5) is 10.5. The second kappa shape index (κ2) is 5.22. The number of nitrogens with one attached hydrogen (secondary N) is 1. The third-order valence-corrected chi connectivity index (χ3v) is 3.19. The van der Waals surface area contributed by atoms with E-state index in [2.05, 4.69) is 5.32 Å². The van der Waals surface area contributed by atoms with E-state index in [4.69, 9.17) is 9.84 Å². The Labute approximate surface area is 97.1 Å². The fourth-order valence-electron chi connectivity index (χ4n) is 1.81. The number of carboxylic acid groups (broad SMARTS) is 1. The van der Waals surface area contributed by atoms with Crippen LogP contribution in [0.15, 0.2) is 0 Å². The molecule has 1 aliphatic carbocycles. The zero-order valence-corrected chi connectivity index (χ0v) is 9.51. The molecule has 4 nitrogen and oxygen atoms in total. The summed E-state index contributed by atoms with van der Waals surface area (Å²) in [6, 6.07) is 0. The predicted molar refractivity (Wildman–Crippen MR) is 53.6 cm³/mol. The van der Waals surface area contributed by atoms with Gasteiger partial charge < -0.3 is 15.2 Å². The average molecular weight is 255 g/mol. The van der Waals surface area contributed by atoms with Gasteiger partial charge in [0.2, 0.25) is 0 Å². The molecule has 0 aromatic carbocycles. The lowest BCUT2D eigenvalue weighted by Gasteiger charge is -2.40. The van der Waals surface area contributed by atoms with Crippen molar-refractivity contribution in [3.63, 3.8) is 0 Å². The first-order chi connectivity index (χ1) is 7.81. The monoisotopic (exact) mass is 255 g/mol. The van der Waals surface area contributed by atoms with Gasteiger partial charge in [0.1, 0.15) is 0 Å². The quantitative estimate of drug-likeness (QED) is 0.753. The van der Waals surface area contributed by atoms with Gasteiger partial charge in [0, 0.05) is 20.2 Å². The van der Waals surface area contributed by atoms with Crippen molar-refractivity contribution in [2.75, 3.05) is 20.2 Å². The number of alkyl halides is 3. The van der Waals surface area contributed by atoms with Gasteiger partial charge in [-0.05, 0) is 19.3 Å². The third kappa shape index (κ3) is 3.57. The fourth-order valence-corrected chi connectivity index (χ4v) is 1.81. The number of rotatable bonds is 6. The van der Waals surface area contributed by atoms with Crippen LogP contribution in [0.3, 0.4) is 0 Å². The number of ether oxygens (including phenoxy) is 1. The smallest absolute Gasteiger partial charge is 0.403 e. The van der Waals surface area contributed by atoms with Crippen molar-refractivity contribution < 1.29 is 27.8 Å². The topological polar surface area (TPSA) is 58.6 Å². The van der Waals surface area contributed by atoms with Crippen molar-refractivity contribution in [1.29, 1.82) is 0 Å². The maximum Gasteiger partial charge on any atom is 0.403 e. The Kier molecular flexibility index (Phi) is 4.37. The van der Waals surface area contributed by atoms with Crippen LogP contribution in [0.1, 0.15) is 19.3 Å². The molecule has 1 unspecified atom stereocenters. The number of hydrogen-bond donors (Lipinski definition) is 2. The third-order valence-electron chi connectivity index (χ3n) is 3.19. The number of methoxy groups -OCH3 is 1. The molecular formula is C10H16F3NO3. The van der Waals surface area contributed by atoms with Crippen molar-refractivity contribution in [3.8, 4) is 0 Å². The highest BCUT2D eigenvalue weighted by Gasteiger charge is 2.45. The minimum Gasteiger partial charge on any atom is -0.481 e. The lowest BCUT2D eigenvalue weighted by molar-refractivity contribution is -0.193. The van der Waals surface area contributed by atoms with Crippen LogP contribution >= 0.6 is 0 Å². The molecule has 0 aliphatic heterocycles. The van der Waals surface area contributed by atoms with E-state index in [1.54, 1.807) is 0 Å². The van der Waals surface area contributed by atoms with Crippen LogP contribution in [0.5, 0.6) is 0 Å². The molecule has 17 heavy (non-hydrogen) atoms. The van der Waals surface area contributed by atoms with Crippen LogP contribution in [0.4, 0.5) is 13.2 Å². The van der Waals surface area contributed by atoms with E-state index in [9.17, 15) is 18.0 Å². The Hall–Kier alpha value is -0.820. The minimum absolute atomic E-state index is 0.253. The molecule has 1 rings (SSSR count). The van der Waals surface area contributed by atoms with Gasteiger partial charge in [-0.3, -0.25) is 4.79 Å². The van der Waals surface area contributed by atoms with E-state index < -0.39 is 30.2 Å². The van der Waals surface area contributed by atoms with Crippen molar-refractivity contribution in [2.45, 2.75) is 31.0 Å². The molecule has 0 bridgehead atoms. The van der Waals surface area contributed by atoms with E-state index in [0.717, 1.165) is 19.3 Å². The summed E-state index contributed by atoms with van der Waals surface area (Å²) in [5.41, 5.74) is -0.408. The average Bonchev–Trinajstić information content (AvgIpc) is 2.13. The number of carboxylic acids is 1. The van der Waals surface area contributed by atoms with Crippen molar-refractivity contribution in [1.82, 2.24) is 5.32 Å². The largest absolute Gasteiger partial charge is 0.481 e. The van der Waals surface area contributed by atoms with Crippen molar-refractivity contribution in [3.05, 3.63) is 0 Å². The van der Waals surface area contributed by atoms with Gasteiger partial charge in [-0.1, -0.05) is 0 Å². The molecule has 1 atom stereocenters. The van der Waals surface area contributed by atoms with E-state index in [-0.39, 0.29) is 6.54 Å². The molecule has 0 heterocycles. The highest BCUT2D eigenvalue weighted by Crippen LogP contribution is 2.34. The summed E-state index contributed by atoms with van der Waals surface area (Å²) in [6.45, 7) is -0.368. The number of carbonyl (C=O) groups is 1. The highest BCUT2D eigenvalue weighted by molar-refractivity contribution is 5.71. The summed E-state index contributed by atoms with van der Waals surface area (Å²) >= 11 is 0. The zero-order chi connectivity index (χ0) is 13.1. The van der Waals surface area contributed by atoms with Crippen molar-refractivity contribution in [2.24, 2.45) is 5.92 Å². The number of aliphatic carboxylic acids is 1. The Balaban J connectivity index is 2.40. The normalized spacial score (nSPS) is 20.7. The van der Waals surface area contributed by atoms with Gasteiger partial charge in [-0.25, -0.2) is 0 Å². The molecule has 0 aromatic rings. The summed E-state index contributed by atoms with van der Waals surface area (Å²) in [5, 5.41) is 11.0. The molecule has 0 spiro atoms. The predicted octanol–water partition coefficient (Wildman–Crippen LogP) is 1.41. The van der Waals surface area contributed by atoms with E-state index in [1.165, 1.54) is 7.11 Å². The first-order valence-corrected chi connectivity index (χ1v) is 5.36. The van der Waals surface area contributed by atoms with Crippen LogP contribution in [-0.2, 0) is 9.53 Å². The molecule has 7 heteroatoms. The van der Waals surface area contributed by atoms with Crippen molar-refractivity contribution >= 4 is 5.97 Å². The minimum atomic E-state index is -4.72. The molecule has 1 saturated carbocycles. The van der Waals surface area contributed by atoms with Crippen LogP contribution in [0.2, 0.25) is 0 Å². The van der Waals surface area contributed by atoms with Crippen LogP contribution < -0.4 is 5.32 Å². The molecular weight excluding hydrogens is 239 g/mol. The molecule has 0 amide bonds. The molecule has 1 aliphatic rings. The van der Waals surface area contributed by atoms with E-state index in [0.29, 0.717) is 0 Å². The summed E-state index contributed by atoms with van der Waals surface area (Å²) < 4.78 is 42.2. The first kappa shape index (κ1) is 14.2. The van der Waals surface area contributed by atoms with Gasteiger partial charge in [-0.2, -0.15) is 13.2 Å². The Bertz CT molecular complexity index is 271. The lowest BCUT2D eigenvalue weighted by Crippen LogP contribution is -2.50. The zero-order valence-electron chi connectivity index (χ0n) is 9.51. The first-order valence-electron chi connectivity index (χ1n) is 5.36. The number of hydrogen-bond acceptors (Lipinski definition) is 3. The van der Waals surface area contributed by atoms with Crippen LogP contribution in [0.25, 0.3) is 0 Å². The maximum atomic E-state index is 12.3. The summed E-state index contributed by atoms with van der Waals surface area (Å²) in [7, 11) is 1.51. The van der Waals surface area contributed by atoms with E-state index in [1.807, 2.05) is 0 Å². The molecule has 0 radical (unpaired) electrons. The molecule has 2 N–H and O–H groups in total. The Morgan fingerprint density at radius 3 is 2.41 bits per heavy atom. The molecule has 1 fully saturated rings. The standard InChI is InChI=1S/C10H16F3NO3/c1-17-9(3-2-4-9)6-14-5-7(8(15)16)10(11,12)13/h7,14H,2-6H2,1H3,(H,15,16). The molecule has 100 valence electrons. The van der Waals surface area contributed by atoms with Gasteiger partial charge in [-0.15, -0.1) is 0 Å². The molecule has 0 saturated heterocycles. The second-order valence-corrected chi connectivity index (χ2v) is 4.30. The summed E-state index contributed by atoms with van der Waals surface area (Å²) in [5.74, 6) is -4.22. The Morgan fingerprint density at radius 1 is 1.53 bits per heavy atom. The van der Waals surface area contributed by atoms with Crippen LogP contribution in [-0.4, -0.2) is 43.1 Å². The Morgan fingerprint density at radius 2 is 2.12 bits per heavy atom. The SMILES string of the molecule is COC1(CNCC(C(=O)O)C(F)(F)F)CCC1. The van der Waals surface area contributed by atoms with Crippen LogP contribution in [0, 0.1) is 5.92 Å². The second-order valence-electron chi connectivity index (χ2n) is 4.30. The lowest BCUT2D eigenvalue weighted by atomic mass is 9.80. The summed E-state index contributed by atoms with van der Waals surface area (Å²) in [6.07, 6.45) is -2.16. The van der Waals surface area contributed by atoms with Gasteiger partial charge in [0.05, 0.1) is 5.60 Å². The highest BCUT2D eigenvalue weighted by atomic mass is 19.4. The maximum absolute atomic E-state index is 12.3. The van der Waals surface area contributed by atoms with Gasteiger partial charge in [0.15, 0.2) is 5.92 Å². The van der Waals surface area contributed by atoms with Gasteiger partial charge in [0.25, 0.3) is 0 Å². The van der Waals surface area contributed by atoms with Gasteiger partial charge >= 0.3 is 12.1 Å². The molecule has 0 aromatic heterocycles. The number of halogens is 3. The fraction of sp³-hybridized carbons (Fsp3) is 0.900. The van der Waals surface area contributed by atoms with E-state index >= 15 is 0 Å².